The molecule has 0 amide bonds. The van der Waals surface area contributed by atoms with Crippen molar-refractivity contribution in [2.75, 3.05) is 23.7 Å². The Morgan fingerprint density at radius 3 is 2.89 bits per heavy atom. The van der Waals surface area contributed by atoms with Crippen molar-refractivity contribution in [2.24, 2.45) is 0 Å². The maximum Gasteiger partial charge on any atom is 0.224 e. The number of hydrogen-bond donors (Lipinski definition) is 2. The fraction of sp³-hybridized carbons (Fsp3) is 0.333. The van der Waals surface area contributed by atoms with Gasteiger partial charge in [-0.3, -0.25) is 0 Å². The molecule has 0 radical (unpaired) electrons. The minimum Gasteiger partial charge on any atom is -0.368 e. The molecule has 2 aromatic heterocycles. The van der Waals surface area contributed by atoms with Crippen LogP contribution in [0.2, 0.25) is 5.02 Å². The lowest BCUT2D eigenvalue weighted by molar-refractivity contribution is 1.01. The molecule has 102 valence electrons. The lowest BCUT2D eigenvalue weighted by Crippen LogP contribution is -2.09. The second-order valence-electron chi connectivity index (χ2n) is 3.80. The van der Waals surface area contributed by atoms with Crippen LogP contribution in [-0.4, -0.2) is 23.1 Å². The highest BCUT2D eigenvalue weighted by Crippen LogP contribution is 2.23. The van der Waals surface area contributed by atoms with E-state index in [0.717, 1.165) is 23.3 Å². The molecule has 4 nitrogen and oxygen atoms in total. The Bertz CT molecular complexity index is 546. The van der Waals surface area contributed by atoms with Crippen LogP contribution in [0, 0.1) is 0 Å². The molecule has 19 heavy (non-hydrogen) atoms. The van der Waals surface area contributed by atoms with Crippen molar-refractivity contribution in [1.29, 1.82) is 0 Å². The number of nitrogens with one attached hydrogen (secondary N) is 2. The van der Waals surface area contributed by atoms with Gasteiger partial charge in [0.15, 0.2) is 0 Å². The van der Waals surface area contributed by atoms with E-state index < -0.39 is 0 Å². The largest absolute Gasteiger partial charge is 0.368 e. The van der Waals surface area contributed by atoms with Gasteiger partial charge in [-0.2, -0.15) is 4.98 Å². The molecule has 2 heterocycles. The lowest BCUT2D eigenvalue weighted by atomic mass is 10.3. The summed E-state index contributed by atoms with van der Waals surface area (Å²) in [6.45, 7) is 3.57. The fourth-order valence-corrected chi connectivity index (χ4v) is 3.17. The minimum atomic E-state index is 0.536. The molecule has 0 spiro atoms. The number of aromatic nitrogens is 2. The average Bonchev–Trinajstić information content (AvgIpc) is 2.79. The Morgan fingerprint density at radius 2 is 2.21 bits per heavy atom. The molecule has 7 heteroatoms. The first-order chi connectivity index (χ1) is 9.19. The van der Waals surface area contributed by atoms with Crippen LogP contribution >= 0.6 is 38.9 Å². The van der Waals surface area contributed by atoms with E-state index in [4.69, 9.17) is 11.6 Å². The van der Waals surface area contributed by atoms with Crippen molar-refractivity contribution in [3.8, 4) is 0 Å². The number of anilines is 2. The lowest BCUT2D eigenvalue weighted by Gasteiger charge is -2.08. The van der Waals surface area contributed by atoms with Gasteiger partial charge in [0.1, 0.15) is 10.8 Å². The third kappa shape index (κ3) is 4.33. The first kappa shape index (κ1) is 14.6. The van der Waals surface area contributed by atoms with Crippen LogP contribution in [0.4, 0.5) is 11.8 Å². The molecule has 0 aromatic carbocycles. The van der Waals surface area contributed by atoms with E-state index in [2.05, 4.69) is 48.7 Å². The van der Waals surface area contributed by atoms with E-state index in [1.807, 2.05) is 6.92 Å². The Morgan fingerprint density at radius 1 is 1.37 bits per heavy atom. The topological polar surface area (TPSA) is 49.8 Å². The second-order valence-corrected chi connectivity index (χ2v) is 6.76. The normalized spacial score (nSPS) is 10.5. The van der Waals surface area contributed by atoms with Gasteiger partial charge < -0.3 is 10.6 Å². The highest BCUT2D eigenvalue weighted by molar-refractivity contribution is 9.11. The van der Waals surface area contributed by atoms with E-state index in [9.17, 15) is 0 Å². The first-order valence-corrected chi connectivity index (χ1v) is 7.92. The zero-order valence-electron chi connectivity index (χ0n) is 10.4. The number of nitrogens with zero attached hydrogens (tertiary/aromatic N) is 2. The SMILES string of the molecule is CCNc1ncc(Cl)c(NCCc2ccc(Br)s2)n1. The zero-order chi connectivity index (χ0) is 13.7. The molecular formula is C12H14BrClN4S. The molecule has 0 aliphatic carbocycles. The molecule has 0 aliphatic heterocycles. The summed E-state index contributed by atoms with van der Waals surface area (Å²) in [6, 6.07) is 4.17. The van der Waals surface area contributed by atoms with Gasteiger partial charge in [0, 0.05) is 18.0 Å². The summed E-state index contributed by atoms with van der Waals surface area (Å²) in [5.74, 6) is 1.26. The predicted molar refractivity (Wildman–Crippen MR) is 85.4 cm³/mol. The van der Waals surface area contributed by atoms with Gasteiger partial charge in [-0.1, -0.05) is 11.6 Å². The van der Waals surface area contributed by atoms with Crippen molar-refractivity contribution in [2.45, 2.75) is 13.3 Å². The molecule has 0 fully saturated rings. The Hall–Kier alpha value is -0.850. The van der Waals surface area contributed by atoms with Gasteiger partial charge in [-0.25, -0.2) is 4.98 Å². The molecular weight excluding hydrogens is 348 g/mol. The van der Waals surface area contributed by atoms with E-state index in [1.165, 1.54) is 4.88 Å². The quantitative estimate of drug-likeness (QED) is 0.815. The summed E-state index contributed by atoms with van der Waals surface area (Å²) in [4.78, 5) is 9.74. The third-order valence-electron chi connectivity index (χ3n) is 2.37. The van der Waals surface area contributed by atoms with E-state index >= 15 is 0 Å². The van der Waals surface area contributed by atoms with Gasteiger partial charge >= 0.3 is 0 Å². The maximum absolute atomic E-state index is 6.06. The van der Waals surface area contributed by atoms with E-state index in [-0.39, 0.29) is 0 Å². The van der Waals surface area contributed by atoms with Crippen LogP contribution in [-0.2, 0) is 6.42 Å². The van der Waals surface area contributed by atoms with Crippen LogP contribution in [0.1, 0.15) is 11.8 Å². The first-order valence-electron chi connectivity index (χ1n) is 5.93. The number of hydrogen-bond acceptors (Lipinski definition) is 5. The van der Waals surface area contributed by atoms with Crippen molar-refractivity contribution in [3.63, 3.8) is 0 Å². The summed E-state index contributed by atoms with van der Waals surface area (Å²) >= 11 is 11.3. The second kappa shape index (κ2) is 7.07. The average molecular weight is 362 g/mol. The maximum atomic E-state index is 6.06. The van der Waals surface area contributed by atoms with Gasteiger partial charge in [-0.15, -0.1) is 11.3 Å². The minimum absolute atomic E-state index is 0.536. The van der Waals surface area contributed by atoms with Crippen molar-refractivity contribution >= 4 is 50.6 Å². The Balaban J connectivity index is 1.93. The van der Waals surface area contributed by atoms with Gasteiger partial charge in [0.05, 0.1) is 9.98 Å². The molecule has 2 N–H and O–H groups in total. The molecule has 2 rings (SSSR count). The number of halogens is 2. The van der Waals surface area contributed by atoms with Crippen molar-refractivity contribution in [1.82, 2.24) is 9.97 Å². The molecule has 0 aliphatic rings. The van der Waals surface area contributed by atoms with Crippen molar-refractivity contribution in [3.05, 3.63) is 32.0 Å². The Labute approximate surface area is 129 Å². The Kier molecular flexibility index (Phi) is 5.42. The van der Waals surface area contributed by atoms with Gasteiger partial charge in [-0.05, 0) is 41.4 Å². The summed E-state index contributed by atoms with van der Waals surface area (Å²) < 4.78 is 1.15. The molecule has 0 unspecified atom stereocenters. The van der Waals surface area contributed by atoms with Crippen molar-refractivity contribution < 1.29 is 0 Å². The zero-order valence-corrected chi connectivity index (χ0v) is 13.6. The molecule has 2 aromatic rings. The predicted octanol–water partition coefficient (Wildman–Crippen LogP) is 4.04. The molecule has 0 saturated carbocycles. The van der Waals surface area contributed by atoms with Crippen LogP contribution < -0.4 is 10.6 Å². The van der Waals surface area contributed by atoms with Gasteiger partial charge in [0.2, 0.25) is 5.95 Å². The molecule has 0 atom stereocenters. The summed E-state index contributed by atoms with van der Waals surface area (Å²) in [5, 5.41) is 6.84. The van der Waals surface area contributed by atoms with Crippen LogP contribution in [0.5, 0.6) is 0 Å². The summed E-state index contributed by atoms with van der Waals surface area (Å²) in [7, 11) is 0. The summed E-state index contributed by atoms with van der Waals surface area (Å²) in [6.07, 6.45) is 2.55. The third-order valence-corrected chi connectivity index (χ3v) is 4.33. The highest BCUT2D eigenvalue weighted by atomic mass is 79.9. The summed E-state index contributed by atoms with van der Waals surface area (Å²) in [5.41, 5.74) is 0. The fourth-order valence-electron chi connectivity index (χ4n) is 1.52. The molecule has 0 bridgehead atoms. The van der Waals surface area contributed by atoms with E-state index in [0.29, 0.717) is 16.8 Å². The number of rotatable bonds is 6. The monoisotopic (exact) mass is 360 g/mol. The smallest absolute Gasteiger partial charge is 0.224 e. The van der Waals surface area contributed by atoms with E-state index in [1.54, 1.807) is 17.5 Å². The van der Waals surface area contributed by atoms with Crippen LogP contribution in [0.15, 0.2) is 22.1 Å². The molecule has 0 saturated heterocycles. The standard InChI is InChI=1S/C12H14BrClN4S/c1-2-15-12-17-7-9(14)11(18-12)16-6-5-8-3-4-10(13)19-8/h3-4,7H,2,5-6H2,1H3,(H2,15,16,17,18). The van der Waals surface area contributed by atoms with Crippen LogP contribution in [0.25, 0.3) is 0 Å². The highest BCUT2D eigenvalue weighted by Gasteiger charge is 2.05. The van der Waals surface area contributed by atoms with Crippen LogP contribution in [0.3, 0.4) is 0 Å². The van der Waals surface area contributed by atoms with Gasteiger partial charge in [0.25, 0.3) is 0 Å². The number of thiophene rings is 1.